The molecule has 1 aliphatic carbocycles. The molecule has 1 aliphatic rings. The Kier molecular flexibility index (Phi) is 4.90. The number of fused-ring (bicyclic) bond motifs is 1. The molecule has 0 N–H and O–H groups in total. The van der Waals surface area contributed by atoms with Crippen molar-refractivity contribution in [3.8, 4) is 0 Å². The van der Waals surface area contributed by atoms with Gasteiger partial charge in [-0.2, -0.15) is 0 Å². The second-order valence-corrected chi connectivity index (χ2v) is 7.33. The summed E-state index contributed by atoms with van der Waals surface area (Å²) >= 11 is 1.33. The molecule has 3 rings (SSSR count). The maximum atomic E-state index is 12.8. The van der Waals surface area contributed by atoms with E-state index in [1.165, 1.54) is 18.7 Å². The Morgan fingerprint density at radius 3 is 2.71 bits per heavy atom. The Hall–Kier alpha value is -1.88. The number of pyridine rings is 1. The molecule has 2 aromatic rings. The van der Waals surface area contributed by atoms with Crippen LogP contribution in [0, 0.1) is 5.41 Å². The number of carbonyl (C=O) groups is 2. The van der Waals surface area contributed by atoms with Gasteiger partial charge in [0.15, 0.2) is 5.12 Å². The van der Waals surface area contributed by atoms with Gasteiger partial charge in [0.2, 0.25) is 0 Å². The largest absolute Gasteiger partial charge is 0.461 e. The lowest BCUT2D eigenvalue weighted by Crippen LogP contribution is -2.35. The molecule has 1 aromatic carbocycles. The van der Waals surface area contributed by atoms with Crippen molar-refractivity contribution in [1.29, 1.82) is 0 Å². The van der Waals surface area contributed by atoms with E-state index in [1.54, 1.807) is 6.20 Å². The molecule has 1 heterocycles. The van der Waals surface area contributed by atoms with Gasteiger partial charge < -0.3 is 4.74 Å². The number of rotatable bonds is 5. The van der Waals surface area contributed by atoms with E-state index in [1.807, 2.05) is 24.3 Å². The van der Waals surface area contributed by atoms with E-state index in [9.17, 15) is 9.59 Å². The molecular weight excluding hydrogens is 322 g/mol. The topological polar surface area (TPSA) is 56.3 Å². The number of esters is 1. The van der Waals surface area contributed by atoms with Crippen LogP contribution in [0.3, 0.4) is 0 Å². The summed E-state index contributed by atoms with van der Waals surface area (Å²) in [4.78, 5) is 29.1. The lowest BCUT2D eigenvalue weighted by molar-refractivity contribution is -0.142. The molecule has 1 saturated carbocycles. The van der Waals surface area contributed by atoms with Crippen LogP contribution >= 0.6 is 11.8 Å². The molecule has 0 spiro atoms. The fourth-order valence-corrected chi connectivity index (χ4v) is 4.21. The molecule has 0 atom stereocenters. The normalized spacial score (nSPS) is 15.8. The van der Waals surface area contributed by atoms with Crippen LogP contribution in [0.5, 0.6) is 0 Å². The van der Waals surface area contributed by atoms with Crippen molar-refractivity contribution >= 4 is 33.7 Å². The number of hydrogen-bond acceptors (Lipinski definition) is 5. The minimum absolute atomic E-state index is 0.143. The van der Waals surface area contributed by atoms with Gasteiger partial charge in [-0.25, -0.2) is 0 Å². The average Bonchev–Trinajstić information content (AvgIpc) is 2.52. The summed E-state index contributed by atoms with van der Waals surface area (Å²) in [5, 5.41) is 1.19. The van der Waals surface area contributed by atoms with Crippen molar-refractivity contribution < 1.29 is 14.3 Å². The molecular formula is C19H21NO3S. The summed E-state index contributed by atoms with van der Waals surface area (Å²) in [5.74, 6) is -0.305. The highest BCUT2D eigenvalue weighted by Gasteiger charge is 2.42. The van der Waals surface area contributed by atoms with E-state index < -0.39 is 0 Å². The van der Waals surface area contributed by atoms with Gasteiger partial charge in [0.25, 0.3) is 0 Å². The first-order valence-electron chi connectivity index (χ1n) is 8.27. The number of benzene rings is 1. The summed E-state index contributed by atoms with van der Waals surface area (Å²) in [5.41, 5.74) is 1.60. The fraction of sp³-hybridized carbons (Fsp3) is 0.421. The molecule has 1 aromatic heterocycles. The lowest BCUT2D eigenvalue weighted by Gasteiger charge is -2.39. The van der Waals surface area contributed by atoms with Gasteiger partial charge in [-0.15, -0.1) is 0 Å². The lowest BCUT2D eigenvalue weighted by atomic mass is 9.68. The number of thioether (sulfide) groups is 1. The van der Waals surface area contributed by atoms with E-state index in [-0.39, 0.29) is 23.1 Å². The first-order valence-corrected chi connectivity index (χ1v) is 9.09. The summed E-state index contributed by atoms with van der Waals surface area (Å²) in [7, 11) is 0. The van der Waals surface area contributed by atoms with Gasteiger partial charge in [-0.05, 0) is 43.0 Å². The van der Waals surface area contributed by atoms with Gasteiger partial charge in [0, 0.05) is 28.8 Å². The van der Waals surface area contributed by atoms with Crippen LogP contribution in [0.1, 0.15) is 45.1 Å². The first-order chi connectivity index (χ1) is 11.5. The van der Waals surface area contributed by atoms with Gasteiger partial charge >= 0.3 is 5.97 Å². The zero-order valence-corrected chi connectivity index (χ0v) is 14.8. The highest BCUT2D eigenvalue weighted by Crippen LogP contribution is 2.48. The molecule has 0 amide bonds. The third-order valence-electron chi connectivity index (χ3n) is 4.83. The minimum atomic E-state index is -0.305. The Morgan fingerprint density at radius 2 is 2.08 bits per heavy atom. The van der Waals surface area contributed by atoms with Crippen molar-refractivity contribution in [3.63, 3.8) is 0 Å². The minimum Gasteiger partial charge on any atom is -0.461 e. The standard InChI is InChI=1S/C19H21NO3S/c1-3-19(8-4-9-19)18(22)24-17-7-10-20-16-6-5-14(11-15(16)17)12-23-13(2)21/h5-7,10-11H,3-4,8-9,12H2,1-2H3. The Morgan fingerprint density at radius 1 is 1.29 bits per heavy atom. The molecule has 0 aliphatic heterocycles. The van der Waals surface area contributed by atoms with Crippen LogP contribution in [-0.4, -0.2) is 16.1 Å². The molecule has 0 unspecified atom stereocenters. The average molecular weight is 343 g/mol. The molecule has 126 valence electrons. The summed E-state index contributed by atoms with van der Waals surface area (Å²) < 4.78 is 5.06. The van der Waals surface area contributed by atoms with Gasteiger partial charge in [-0.3, -0.25) is 14.6 Å². The van der Waals surface area contributed by atoms with E-state index in [0.717, 1.165) is 47.0 Å². The highest BCUT2D eigenvalue weighted by atomic mass is 32.2. The molecule has 0 bridgehead atoms. The molecule has 0 radical (unpaired) electrons. The SMILES string of the molecule is CCC1(C(=O)Sc2ccnc3ccc(COC(C)=O)cc23)CCC1. The third-order valence-corrected chi connectivity index (χ3v) is 6.03. The van der Waals surface area contributed by atoms with E-state index >= 15 is 0 Å². The fourth-order valence-electron chi connectivity index (χ4n) is 3.05. The Balaban J connectivity index is 1.88. The van der Waals surface area contributed by atoms with Gasteiger partial charge in [0.1, 0.15) is 6.61 Å². The van der Waals surface area contributed by atoms with Crippen molar-refractivity contribution in [2.24, 2.45) is 5.41 Å². The number of carbonyl (C=O) groups excluding carboxylic acids is 2. The van der Waals surface area contributed by atoms with E-state index in [2.05, 4.69) is 11.9 Å². The Labute approximate surface area is 146 Å². The smallest absolute Gasteiger partial charge is 0.302 e. The number of hydrogen-bond donors (Lipinski definition) is 0. The monoisotopic (exact) mass is 343 g/mol. The van der Waals surface area contributed by atoms with Crippen LogP contribution in [0.15, 0.2) is 35.4 Å². The third kappa shape index (κ3) is 3.31. The van der Waals surface area contributed by atoms with Crippen molar-refractivity contribution in [2.45, 2.75) is 51.0 Å². The van der Waals surface area contributed by atoms with Crippen molar-refractivity contribution in [3.05, 3.63) is 36.0 Å². The summed E-state index contributed by atoms with van der Waals surface area (Å²) in [6.07, 6.45) is 5.78. The quantitative estimate of drug-likeness (QED) is 0.591. The van der Waals surface area contributed by atoms with Crippen LogP contribution < -0.4 is 0 Å². The molecule has 24 heavy (non-hydrogen) atoms. The number of aromatic nitrogens is 1. The number of ether oxygens (including phenoxy) is 1. The first kappa shape index (κ1) is 17.0. The predicted molar refractivity (Wildman–Crippen MR) is 94.7 cm³/mol. The highest BCUT2D eigenvalue weighted by molar-refractivity contribution is 8.14. The van der Waals surface area contributed by atoms with Crippen molar-refractivity contribution in [2.75, 3.05) is 0 Å². The van der Waals surface area contributed by atoms with Gasteiger partial charge in [0.05, 0.1) is 5.52 Å². The molecule has 1 fully saturated rings. The summed E-state index contributed by atoms with van der Waals surface area (Å²) in [6.45, 7) is 3.72. The zero-order chi connectivity index (χ0) is 17.2. The van der Waals surface area contributed by atoms with E-state index in [0.29, 0.717) is 0 Å². The Bertz CT molecular complexity index is 778. The summed E-state index contributed by atoms with van der Waals surface area (Å²) in [6, 6.07) is 7.65. The molecule has 4 nitrogen and oxygen atoms in total. The van der Waals surface area contributed by atoms with Crippen LogP contribution in [0.2, 0.25) is 0 Å². The van der Waals surface area contributed by atoms with Gasteiger partial charge in [-0.1, -0.05) is 31.2 Å². The van der Waals surface area contributed by atoms with Crippen LogP contribution in [0.4, 0.5) is 0 Å². The molecule has 5 heteroatoms. The second kappa shape index (κ2) is 6.93. The second-order valence-electron chi connectivity index (χ2n) is 6.32. The maximum Gasteiger partial charge on any atom is 0.302 e. The number of nitrogens with zero attached hydrogens (tertiary/aromatic N) is 1. The zero-order valence-electron chi connectivity index (χ0n) is 14.0. The van der Waals surface area contributed by atoms with E-state index in [4.69, 9.17) is 4.74 Å². The predicted octanol–water partition coefficient (Wildman–Crippen LogP) is 4.50. The van der Waals surface area contributed by atoms with Crippen LogP contribution in [0.25, 0.3) is 10.9 Å². The van der Waals surface area contributed by atoms with Crippen molar-refractivity contribution in [1.82, 2.24) is 4.98 Å². The molecule has 0 saturated heterocycles. The van der Waals surface area contributed by atoms with Crippen LogP contribution in [-0.2, 0) is 20.9 Å². The maximum absolute atomic E-state index is 12.8.